The monoisotopic (exact) mass is 289 g/mol. The average Bonchev–Trinajstić information content (AvgIpc) is 2.46. The lowest BCUT2D eigenvalue weighted by atomic mass is 10.1. The van der Waals surface area contributed by atoms with E-state index < -0.39 is 0 Å². The number of anilines is 1. The van der Waals surface area contributed by atoms with Gasteiger partial charge in [-0.15, -0.1) is 0 Å². The van der Waals surface area contributed by atoms with Crippen molar-refractivity contribution in [2.75, 3.05) is 5.43 Å². The van der Waals surface area contributed by atoms with Crippen LogP contribution in [0.1, 0.15) is 21.5 Å². The Kier molecular flexibility index (Phi) is 4.61. The lowest BCUT2D eigenvalue weighted by molar-refractivity contribution is 0.0951. The minimum atomic E-state index is -0.219. The molecule has 2 aromatic carbocycles. The van der Waals surface area contributed by atoms with Crippen LogP contribution in [-0.4, -0.2) is 5.91 Å². The zero-order valence-corrected chi connectivity index (χ0v) is 11.9. The van der Waals surface area contributed by atoms with E-state index in [0.29, 0.717) is 22.8 Å². The van der Waals surface area contributed by atoms with Gasteiger partial charge < -0.3 is 10.7 Å². The standard InChI is InChI=1S/C15H16ClN3O/c1-10-4-2-3-5-11(10)9-18-15(20)13-8-12(16)6-7-14(13)19-17/h2-8,19H,9,17H2,1H3,(H,18,20). The molecule has 0 unspecified atom stereocenters. The Morgan fingerprint density at radius 2 is 2.00 bits per heavy atom. The van der Waals surface area contributed by atoms with Crippen LogP contribution in [0.4, 0.5) is 5.69 Å². The lowest BCUT2D eigenvalue weighted by Crippen LogP contribution is -2.25. The minimum Gasteiger partial charge on any atom is -0.348 e. The van der Waals surface area contributed by atoms with E-state index in [2.05, 4.69) is 10.7 Å². The van der Waals surface area contributed by atoms with Crippen LogP contribution >= 0.6 is 11.6 Å². The maximum Gasteiger partial charge on any atom is 0.253 e. The van der Waals surface area contributed by atoms with E-state index in [4.69, 9.17) is 17.4 Å². The molecule has 0 spiro atoms. The summed E-state index contributed by atoms with van der Waals surface area (Å²) in [6.07, 6.45) is 0. The van der Waals surface area contributed by atoms with Crippen molar-refractivity contribution in [3.63, 3.8) is 0 Å². The van der Waals surface area contributed by atoms with Crippen molar-refractivity contribution in [2.45, 2.75) is 13.5 Å². The first-order valence-electron chi connectivity index (χ1n) is 6.20. The van der Waals surface area contributed by atoms with Gasteiger partial charge >= 0.3 is 0 Å². The third kappa shape index (κ3) is 3.29. The number of carbonyl (C=O) groups is 1. The summed E-state index contributed by atoms with van der Waals surface area (Å²) in [5, 5.41) is 3.36. The molecule has 0 aliphatic rings. The number of nitrogen functional groups attached to an aromatic ring is 1. The van der Waals surface area contributed by atoms with Crippen molar-refractivity contribution >= 4 is 23.2 Å². The van der Waals surface area contributed by atoms with Crippen molar-refractivity contribution in [1.29, 1.82) is 0 Å². The molecule has 2 aromatic rings. The second-order valence-corrected chi connectivity index (χ2v) is 4.88. The van der Waals surface area contributed by atoms with E-state index >= 15 is 0 Å². The van der Waals surface area contributed by atoms with E-state index in [1.807, 2.05) is 31.2 Å². The fraction of sp³-hybridized carbons (Fsp3) is 0.133. The first-order valence-corrected chi connectivity index (χ1v) is 6.58. The van der Waals surface area contributed by atoms with Gasteiger partial charge in [-0.05, 0) is 36.2 Å². The van der Waals surface area contributed by atoms with Crippen LogP contribution in [0, 0.1) is 6.92 Å². The highest BCUT2D eigenvalue weighted by molar-refractivity contribution is 6.31. The summed E-state index contributed by atoms with van der Waals surface area (Å²) in [5.41, 5.74) is 5.67. The molecular weight excluding hydrogens is 274 g/mol. The highest BCUT2D eigenvalue weighted by Gasteiger charge is 2.11. The predicted octanol–water partition coefficient (Wildman–Crippen LogP) is 2.86. The number of carbonyl (C=O) groups excluding carboxylic acids is 1. The second kappa shape index (κ2) is 6.41. The molecule has 20 heavy (non-hydrogen) atoms. The third-order valence-electron chi connectivity index (χ3n) is 3.08. The van der Waals surface area contributed by atoms with Crippen LogP contribution in [-0.2, 0) is 6.54 Å². The Hall–Kier alpha value is -2.04. The molecule has 0 bridgehead atoms. The van der Waals surface area contributed by atoms with Crippen LogP contribution in [0.25, 0.3) is 0 Å². The fourth-order valence-electron chi connectivity index (χ4n) is 1.91. The molecule has 104 valence electrons. The summed E-state index contributed by atoms with van der Waals surface area (Å²) in [5.74, 6) is 5.18. The van der Waals surface area contributed by atoms with Crippen LogP contribution < -0.4 is 16.6 Å². The number of nitrogens with two attached hydrogens (primary N) is 1. The SMILES string of the molecule is Cc1ccccc1CNC(=O)c1cc(Cl)ccc1NN. The Morgan fingerprint density at radius 1 is 1.25 bits per heavy atom. The molecular formula is C15H16ClN3O. The van der Waals surface area contributed by atoms with Gasteiger partial charge in [-0.1, -0.05) is 35.9 Å². The Morgan fingerprint density at radius 3 is 2.70 bits per heavy atom. The molecule has 0 saturated heterocycles. The molecule has 5 heteroatoms. The van der Waals surface area contributed by atoms with Gasteiger partial charge in [-0.3, -0.25) is 10.6 Å². The van der Waals surface area contributed by atoms with Crippen molar-refractivity contribution in [1.82, 2.24) is 5.32 Å². The van der Waals surface area contributed by atoms with E-state index in [0.717, 1.165) is 11.1 Å². The zero-order chi connectivity index (χ0) is 14.5. The summed E-state index contributed by atoms with van der Waals surface area (Å²) < 4.78 is 0. The summed E-state index contributed by atoms with van der Waals surface area (Å²) in [7, 11) is 0. The van der Waals surface area contributed by atoms with E-state index in [-0.39, 0.29) is 5.91 Å². The second-order valence-electron chi connectivity index (χ2n) is 4.44. The summed E-state index contributed by atoms with van der Waals surface area (Å²) in [6, 6.07) is 12.8. The quantitative estimate of drug-likeness (QED) is 0.599. The number of halogens is 1. The number of hydrazine groups is 1. The first-order chi connectivity index (χ1) is 9.61. The smallest absolute Gasteiger partial charge is 0.253 e. The van der Waals surface area contributed by atoms with Crippen molar-refractivity contribution in [3.05, 3.63) is 64.2 Å². The number of hydrogen-bond acceptors (Lipinski definition) is 3. The fourth-order valence-corrected chi connectivity index (χ4v) is 2.08. The molecule has 0 radical (unpaired) electrons. The van der Waals surface area contributed by atoms with Crippen molar-refractivity contribution in [2.24, 2.45) is 5.84 Å². The minimum absolute atomic E-state index is 0.219. The number of amides is 1. The van der Waals surface area contributed by atoms with E-state index in [9.17, 15) is 4.79 Å². The molecule has 0 fully saturated rings. The molecule has 1 amide bonds. The maximum absolute atomic E-state index is 12.2. The predicted molar refractivity (Wildman–Crippen MR) is 81.6 cm³/mol. The van der Waals surface area contributed by atoms with Crippen LogP contribution in [0.15, 0.2) is 42.5 Å². The van der Waals surface area contributed by atoms with Gasteiger partial charge in [0, 0.05) is 11.6 Å². The van der Waals surface area contributed by atoms with Crippen molar-refractivity contribution in [3.8, 4) is 0 Å². The van der Waals surface area contributed by atoms with Crippen molar-refractivity contribution < 1.29 is 4.79 Å². The molecule has 0 atom stereocenters. The summed E-state index contributed by atoms with van der Waals surface area (Å²) >= 11 is 5.91. The highest BCUT2D eigenvalue weighted by Crippen LogP contribution is 2.20. The zero-order valence-electron chi connectivity index (χ0n) is 11.1. The molecule has 0 aliphatic carbocycles. The lowest BCUT2D eigenvalue weighted by Gasteiger charge is -2.11. The van der Waals surface area contributed by atoms with Gasteiger partial charge in [0.15, 0.2) is 0 Å². The molecule has 0 aliphatic heterocycles. The number of benzene rings is 2. The van der Waals surface area contributed by atoms with Gasteiger partial charge in [-0.2, -0.15) is 0 Å². The van der Waals surface area contributed by atoms with Crippen LogP contribution in [0.2, 0.25) is 5.02 Å². The van der Waals surface area contributed by atoms with Gasteiger partial charge in [-0.25, -0.2) is 0 Å². The third-order valence-corrected chi connectivity index (χ3v) is 3.32. The summed E-state index contributed by atoms with van der Waals surface area (Å²) in [4.78, 5) is 12.2. The van der Waals surface area contributed by atoms with Crippen LogP contribution in [0.5, 0.6) is 0 Å². The molecule has 2 rings (SSSR count). The molecule has 4 nitrogen and oxygen atoms in total. The topological polar surface area (TPSA) is 67.2 Å². The molecule has 0 heterocycles. The molecule has 0 aromatic heterocycles. The highest BCUT2D eigenvalue weighted by atomic mass is 35.5. The average molecular weight is 290 g/mol. The normalized spacial score (nSPS) is 10.2. The number of rotatable bonds is 4. The first kappa shape index (κ1) is 14.4. The van der Waals surface area contributed by atoms with E-state index in [1.54, 1.807) is 18.2 Å². The number of aryl methyl sites for hydroxylation is 1. The largest absolute Gasteiger partial charge is 0.348 e. The molecule has 0 saturated carbocycles. The van der Waals surface area contributed by atoms with Gasteiger partial charge in [0.05, 0.1) is 11.3 Å². The molecule has 4 N–H and O–H groups in total. The van der Waals surface area contributed by atoms with Gasteiger partial charge in [0.25, 0.3) is 5.91 Å². The Labute approximate surface area is 122 Å². The Balaban J connectivity index is 2.13. The number of hydrogen-bond donors (Lipinski definition) is 3. The maximum atomic E-state index is 12.2. The van der Waals surface area contributed by atoms with Gasteiger partial charge in [0.1, 0.15) is 0 Å². The summed E-state index contributed by atoms with van der Waals surface area (Å²) in [6.45, 7) is 2.47. The van der Waals surface area contributed by atoms with Gasteiger partial charge in [0.2, 0.25) is 0 Å². The Bertz CT molecular complexity index is 628. The van der Waals surface area contributed by atoms with E-state index in [1.165, 1.54) is 0 Å². The van der Waals surface area contributed by atoms with Crippen LogP contribution in [0.3, 0.4) is 0 Å². The number of nitrogens with one attached hydrogen (secondary N) is 2.